The van der Waals surface area contributed by atoms with Gasteiger partial charge >= 0.3 is 0 Å². The fourth-order valence-corrected chi connectivity index (χ4v) is 5.97. The van der Waals surface area contributed by atoms with Crippen LogP contribution in [0.2, 0.25) is 0 Å². The number of rotatable bonds is 4. The molecule has 0 saturated carbocycles. The summed E-state index contributed by atoms with van der Waals surface area (Å²) >= 11 is 1.78. The minimum atomic E-state index is -3.65. The fraction of sp³-hybridized carbons (Fsp3) is 0.333. The van der Waals surface area contributed by atoms with Gasteiger partial charge in [0.05, 0.1) is 9.82 Å². The first-order valence-electron chi connectivity index (χ1n) is 8.31. The Bertz CT molecular complexity index is 898. The van der Waals surface area contributed by atoms with Crippen molar-refractivity contribution in [3.8, 4) is 0 Å². The first-order chi connectivity index (χ1) is 12.4. The highest BCUT2D eigenvalue weighted by Gasteiger charge is 2.29. The topological polar surface area (TPSA) is 80.5 Å². The molecular weight excluding hydrogens is 372 g/mol. The van der Waals surface area contributed by atoms with Gasteiger partial charge < -0.3 is 0 Å². The molecule has 1 aliphatic rings. The Morgan fingerprint density at radius 2 is 1.81 bits per heavy atom. The van der Waals surface area contributed by atoms with Crippen LogP contribution >= 0.6 is 11.8 Å². The summed E-state index contributed by atoms with van der Waals surface area (Å²) in [5, 5.41) is 11.0. The normalized spacial score (nSPS) is 19.0. The van der Waals surface area contributed by atoms with Crippen LogP contribution in [0.25, 0.3) is 0 Å². The van der Waals surface area contributed by atoms with E-state index in [4.69, 9.17) is 0 Å². The highest BCUT2D eigenvalue weighted by molar-refractivity contribution is 7.99. The van der Waals surface area contributed by atoms with E-state index >= 15 is 0 Å². The maximum atomic E-state index is 12.9. The van der Waals surface area contributed by atoms with Gasteiger partial charge in [0.2, 0.25) is 10.0 Å². The number of hydrogen-bond acceptors (Lipinski definition) is 5. The number of hydrogen-bond donors (Lipinski definition) is 0. The number of benzene rings is 2. The molecule has 138 valence electrons. The number of thioether (sulfide) groups is 1. The van der Waals surface area contributed by atoms with Gasteiger partial charge in [-0.25, -0.2) is 8.42 Å². The quantitative estimate of drug-likeness (QED) is 0.584. The molecule has 6 nitrogen and oxygen atoms in total. The molecule has 1 fully saturated rings. The molecule has 0 radical (unpaired) electrons. The molecule has 0 aliphatic carbocycles. The second kappa shape index (κ2) is 7.77. The molecule has 1 aliphatic heterocycles. The van der Waals surface area contributed by atoms with E-state index in [1.54, 1.807) is 11.8 Å². The van der Waals surface area contributed by atoms with Gasteiger partial charge in [-0.1, -0.05) is 24.3 Å². The van der Waals surface area contributed by atoms with Crippen molar-refractivity contribution in [1.29, 1.82) is 0 Å². The van der Waals surface area contributed by atoms with E-state index in [1.807, 2.05) is 12.1 Å². The summed E-state index contributed by atoms with van der Waals surface area (Å²) in [6.07, 6.45) is 0.738. The molecule has 0 amide bonds. The molecule has 0 aromatic heterocycles. The lowest BCUT2D eigenvalue weighted by Crippen LogP contribution is -2.33. The van der Waals surface area contributed by atoms with Crippen LogP contribution in [0.15, 0.2) is 53.4 Å². The lowest BCUT2D eigenvalue weighted by molar-refractivity contribution is -0.384. The van der Waals surface area contributed by atoms with Gasteiger partial charge in [-0.15, -0.1) is 0 Å². The number of aryl methyl sites for hydroxylation is 1. The Kier molecular flexibility index (Phi) is 5.64. The van der Waals surface area contributed by atoms with Crippen LogP contribution in [0.1, 0.15) is 22.8 Å². The summed E-state index contributed by atoms with van der Waals surface area (Å²) in [5.41, 5.74) is 2.36. The first kappa shape index (κ1) is 18.9. The van der Waals surface area contributed by atoms with Crippen molar-refractivity contribution < 1.29 is 13.3 Å². The van der Waals surface area contributed by atoms with Crippen molar-refractivity contribution in [3.63, 3.8) is 0 Å². The molecule has 0 bridgehead atoms. The lowest BCUT2D eigenvalue weighted by atomic mass is 10.0. The standard InChI is InChI=1S/C18H20N2O4S2/c1-14-4-2-3-5-17(14)18-10-11-19(12-13-25-18)26(23,24)16-8-6-15(7-9-16)20(21)22/h2-9,18H,10-13H2,1H3. The molecule has 0 N–H and O–H groups in total. The van der Waals surface area contributed by atoms with E-state index in [0.29, 0.717) is 18.8 Å². The van der Waals surface area contributed by atoms with E-state index in [2.05, 4.69) is 19.1 Å². The third kappa shape index (κ3) is 3.92. The SMILES string of the molecule is Cc1ccccc1C1CCN(S(=O)(=O)c2ccc([N+](=O)[O-])cc2)CCS1. The summed E-state index contributed by atoms with van der Waals surface area (Å²) < 4.78 is 27.2. The van der Waals surface area contributed by atoms with Crippen LogP contribution in [0, 0.1) is 17.0 Å². The maximum absolute atomic E-state index is 12.9. The summed E-state index contributed by atoms with van der Waals surface area (Å²) in [7, 11) is -3.65. The van der Waals surface area contributed by atoms with Gasteiger partial charge in [0, 0.05) is 36.2 Å². The summed E-state index contributed by atoms with van der Waals surface area (Å²) in [4.78, 5) is 10.3. The molecule has 3 rings (SSSR count). The van der Waals surface area contributed by atoms with Crippen molar-refractivity contribution in [2.45, 2.75) is 23.5 Å². The van der Waals surface area contributed by atoms with Crippen molar-refractivity contribution in [3.05, 3.63) is 69.8 Å². The van der Waals surface area contributed by atoms with Gasteiger partial charge in [0.25, 0.3) is 5.69 Å². The van der Waals surface area contributed by atoms with Crippen LogP contribution in [0.5, 0.6) is 0 Å². The predicted octanol–water partition coefficient (Wildman–Crippen LogP) is 3.77. The van der Waals surface area contributed by atoms with Crippen molar-refractivity contribution in [2.24, 2.45) is 0 Å². The van der Waals surface area contributed by atoms with Crippen molar-refractivity contribution in [2.75, 3.05) is 18.8 Å². The van der Waals surface area contributed by atoms with Crippen LogP contribution < -0.4 is 0 Å². The van der Waals surface area contributed by atoms with E-state index in [-0.39, 0.29) is 15.8 Å². The number of nitro groups is 1. The number of nitrogens with zero attached hydrogens (tertiary/aromatic N) is 2. The minimum Gasteiger partial charge on any atom is -0.258 e. The average molecular weight is 393 g/mol. The van der Waals surface area contributed by atoms with Gasteiger partial charge in [0.15, 0.2) is 0 Å². The van der Waals surface area contributed by atoms with E-state index in [9.17, 15) is 18.5 Å². The first-order valence-corrected chi connectivity index (χ1v) is 10.8. The zero-order chi connectivity index (χ0) is 18.7. The maximum Gasteiger partial charge on any atom is 0.269 e. The Morgan fingerprint density at radius 3 is 2.46 bits per heavy atom. The van der Waals surface area contributed by atoms with Crippen LogP contribution in [-0.2, 0) is 10.0 Å². The van der Waals surface area contributed by atoms with E-state index in [0.717, 1.165) is 6.42 Å². The third-order valence-corrected chi connectivity index (χ3v) is 7.74. The molecule has 2 aromatic carbocycles. The molecule has 8 heteroatoms. The van der Waals surface area contributed by atoms with Gasteiger partial charge in [-0.05, 0) is 36.6 Å². The Labute approximate surface area is 157 Å². The molecule has 26 heavy (non-hydrogen) atoms. The highest BCUT2D eigenvalue weighted by Crippen LogP contribution is 2.37. The lowest BCUT2D eigenvalue weighted by Gasteiger charge is -2.20. The van der Waals surface area contributed by atoms with E-state index in [1.165, 1.54) is 39.7 Å². The molecular formula is C18H20N2O4S2. The summed E-state index contributed by atoms with van der Waals surface area (Å²) in [6.45, 7) is 2.95. The van der Waals surface area contributed by atoms with Crippen LogP contribution in [-0.4, -0.2) is 36.5 Å². The second-order valence-corrected chi connectivity index (χ2v) is 9.41. The number of nitro benzene ring substituents is 1. The molecule has 2 aromatic rings. The van der Waals surface area contributed by atoms with Crippen molar-refractivity contribution >= 4 is 27.5 Å². The zero-order valence-electron chi connectivity index (χ0n) is 14.4. The Balaban J connectivity index is 1.77. The third-order valence-electron chi connectivity index (χ3n) is 4.52. The van der Waals surface area contributed by atoms with Crippen LogP contribution in [0.4, 0.5) is 5.69 Å². The average Bonchev–Trinajstić information content (AvgIpc) is 2.89. The van der Waals surface area contributed by atoms with Gasteiger partial charge in [-0.2, -0.15) is 16.1 Å². The Hall–Kier alpha value is -1.90. The second-order valence-electron chi connectivity index (χ2n) is 6.16. The smallest absolute Gasteiger partial charge is 0.258 e. The summed E-state index contributed by atoms with van der Waals surface area (Å²) in [5.74, 6) is 0.714. The van der Waals surface area contributed by atoms with Crippen LogP contribution in [0.3, 0.4) is 0 Å². The largest absolute Gasteiger partial charge is 0.269 e. The van der Waals surface area contributed by atoms with Gasteiger partial charge in [0.1, 0.15) is 0 Å². The molecule has 0 spiro atoms. The fourth-order valence-electron chi connectivity index (χ4n) is 3.08. The minimum absolute atomic E-state index is 0.0995. The molecule has 1 heterocycles. The Morgan fingerprint density at radius 1 is 1.12 bits per heavy atom. The van der Waals surface area contributed by atoms with Gasteiger partial charge in [-0.3, -0.25) is 10.1 Å². The van der Waals surface area contributed by atoms with E-state index < -0.39 is 14.9 Å². The summed E-state index contributed by atoms with van der Waals surface area (Å²) in [6, 6.07) is 13.3. The predicted molar refractivity (Wildman–Crippen MR) is 103 cm³/mol. The molecule has 1 unspecified atom stereocenters. The highest BCUT2D eigenvalue weighted by atomic mass is 32.2. The monoisotopic (exact) mass is 392 g/mol. The number of non-ortho nitro benzene ring substituents is 1. The number of sulfonamides is 1. The molecule has 1 saturated heterocycles. The van der Waals surface area contributed by atoms with Crippen molar-refractivity contribution in [1.82, 2.24) is 4.31 Å². The zero-order valence-corrected chi connectivity index (χ0v) is 16.0. The molecule has 1 atom stereocenters.